The molecule has 12 nitrogen and oxygen atoms in total. The number of carboxylic acid groups (broad SMARTS) is 1. The highest BCUT2D eigenvalue weighted by Crippen LogP contribution is 2.28. The highest BCUT2D eigenvalue weighted by molar-refractivity contribution is 9.09. The summed E-state index contributed by atoms with van der Waals surface area (Å²) >= 11 is 2.87. The lowest BCUT2D eigenvalue weighted by molar-refractivity contribution is 0.0470. The van der Waals surface area contributed by atoms with Crippen molar-refractivity contribution < 1.29 is 46.6 Å². The van der Waals surface area contributed by atoms with Crippen molar-refractivity contribution in [3.05, 3.63) is 94.6 Å². The van der Waals surface area contributed by atoms with E-state index in [-0.39, 0.29) is 60.7 Å². The second kappa shape index (κ2) is 15.0. The highest BCUT2D eigenvalue weighted by atomic mass is 79.9. The first-order chi connectivity index (χ1) is 22.4. The predicted molar refractivity (Wildman–Crippen MR) is 162 cm³/mol. The van der Waals surface area contributed by atoms with E-state index >= 15 is 0 Å². The maximum atomic E-state index is 13.5. The maximum Gasteiger partial charge on any atom is 0.359 e. The Morgan fingerprint density at radius 1 is 0.830 bits per heavy atom. The van der Waals surface area contributed by atoms with E-state index < -0.39 is 30.2 Å². The van der Waals surface area contributed by atoms with Gasteiger partial charge in [-0.15, -0.1) is 0 Å². The van der Waals surface area contributed by atoms with E-state index in [0.29, 0.717) is 28.1 Å². The Kier molecular flexibility index (Phi) is 11.1. The van der Waals surface area contributed by atoms with Gasteiger partial charge < -0.3 is 19.6 Å². The molecule has 2 aliphatic heterocycles. The third kappa shape index (κ3) is 7.34. The van der Waals surface area contributed by atoms with E-state index in [0.717, 1.165) is 12.1 Å². The van der Waals surface area contributed by atoms with E-state index in [9.17, 15) is 36.7 Å². The Morgan fingerprint density at radius 3 is 1.70 bits per heavy atom. The van der Waals surface area contributed by atoms with Crippen LogP contribution in [-0.2, 0) is 17.8 Å². The van der Waals surface area contributed by atoms with Crippen molar-refractivity contribution >= 4 is 39.7 Å². The van der Waals surface area contributed by atoms with Crippen LogP contribution in [0.5, 0.6) is 0 Å². The number of amides is 2. The third-order valence-electron chi connectivity index (χ3n) is 6.87. The molecule has 2 aliphatic rings. The third-order valence-corrected chi connectivity index (χ3v) is 7.17. The first-order valence-corrected chi connectivity index (χ1v) is 14.9. The molecule has 0 saturated carbocycles. The lowest BCUT2D eigenvalue weighted by atomic mass is 10.1. The van der Waals surface area contributed by atoms with Crippen LogP contribution in [0.15, 0.2) is 49.1 Å². The van der Waals surface area contributed by atoms with Gasteiger partial charge in [0.1, 0.15) is 37.6 Å². The molecule has 248 valence electrons. The number of ether oxygens (including phenoxy) is 1. The van der Waals surface area contributed by atoms with Crippen LogP contribution in [0.3, 0.4) is 0 Å². The summed E-state index contributed by atoms with van der Waals surface area (Å²) in [6.07, 6.45) is 2.70. The Morgan fingerprint density at radius 2 is 1.28 bits per heavy atom. The molecule has 4 heterocycles. The van der Waals surface area contributed by atoms with Crippen LogP contribution in [0.25, 0.3) is 11.4 Å². The summed E-state index contributed by atoms with van der Waals surface area (Å²) in [6, 6.07) is 7.63. The van der Waals surface area contributed by atoms with Crippen LogP contribution in [0.4, 0.5) is 17.6 Å². The van der Waals surface area contributed by atoms with Gasteiger partial charge >= 0.3 is 11.9 Å². The molecule has 2 aromatic carbocycles. The summed E-state index contributed by atoms with van der Waals surface area (Å²) in [6.45, 7) is -1.23. The van der Waals surface area contributed by atoms with Crippen molar-refractivity contribution in [2.75, 3.05) is 39.4 Å². The second-order valence-corrected chi connectivity index (χ2v) is 10.8. The quantitative estimate of drug-likeness (QED) is 0.182. The van der Waals surface area contributed by atoms with Gasteiger partial charge in [-0.25, -0.2) is 32.7 Å². The fourth-order valence-electron chi connectivity index (χ4n) is 4.80. The molecule has 0 saturated heterocycles. The number of aromatic nitrogens is 4. The molecule has 2 aromatic heterocycles. The molecule has 0 atom stereocenters. The molecule has 2 amide bonds. The molecule has 0 radical (unpaired) electrons. The molecule has 47 heavy (non-hydrogen) atoms. The summed E-state index contributed by atoms with van der Waals surface area (Å²) < 4.78 is 57.5. The minimum atomic E-state index is -1.16. The van der Waals surface area contributed by atoms with Crippen LogP contribution >= 0.6 is 15.9 Å². The summed E-state index contributed by atoms with van der Waals surface area (Å²) in [5.74, 6) is -3.71. The van der Waals surface area contributed by atoms with Crippen molar-refractivity contribution in [2.45, 2.75) is 13.1 Å². The average molecular weight is 721 g/mol. The molecule has 0 aliphatic carbocycles. The number of halogens is 5. The summed E-state index contributed by atoms with van der Waals surface area (Å²) in [4.78, 5) is 58.3. The van der Waals surface area contributed by atoms with Crippen LogP contribution < -0.4 is 0 Å². The van der Waals surface area contributed by atoms with Crippen LogP contribution in [0.1, 0.15) is 53.1 Å². The lowest BCUT2D eigenvalue weighted by Crippen LogP contribution is -2.26. The van der Waals surface area contributed by atoms with Gasteiger partial charge in [0.15, 0.2) is 11.4 Å². The molecule has 17 heteroatoms. The number of alkyl halides is 3. The van der Waals surface area contributed by atoms with Crippen molar-refractivity contribution in [3.63, 3.8) is 0 Å². The molecule has 0 spiro atoms. The number of esters is 1. The van der Waals surface area contributed by atoms with E-state index in [2.05, 4.69) is 25.9 Å². The number of aromatic carboxylic acids is 1. The molecule has 0 fully saturated rings. The fraction of sp³-hybridized carbons (Fsp3) is 0.267. The highest BCUT2D eigenvalue weighted by Gasteiger charge is 2.30. The van der Waals surface area contributed by atoms with Gasteiger partial charge in [-0.3, -0.25) is 23.1 Å². The Balaban J connectivity index is 0.000000193. The van der Waals surface area contributed by atoms with E-state index in [4.69, 9.17) is 9.84 Å². The molecule has 6 rings (SSSR count). The first-order valence-electron chi connectivity index (χ1n) is 13.7. The van der Waals surface area contributed by atoms with Crippen LogP contribution in [0.2, 0.25) is 0 Å². The van der Waals surface area contributed by atoms with Gasteiger partial charge in [0.2, 0.25) is 0 Å². The zero-order valence-corrected chi connectivity index (χ0v) is 26.5. The van der Waals surface area contributed by atoms with Gasteiger partial charge in [-0.05, 0) is 36.4 Å². The molecular weight excluding hydrogens is 694 g/mol. The number of fused-ring (bicyclic) bond motifs is 6. The standard InChI is InChI=1S/C15H13F2N3O3.C13H10FN3O3.C2H4BrF/c1-19-7-12-13(15(22)23-5-4-16)18-8-20(12)11-3-2-9(17)6-10(11)14(19)21;1-16-5-10-11(13(19)20)15-6-17(10)9-3-2-7(14)4-8(9)12(16)18;3-1-2-4/h2-3,6,8H,4-5,7H2,1H3;2-4,6H,5H2,1H3,(H,19,20);1-2H2/i16-1;;4-1. The fourth-order valence-corrected chi connectivity index (χ4v) is 4.80. The van der Waals surface area contributed by atoms with Gasteiger partial charge in [-0.2, -0.15) is 0 Å². The van der Waals surface area contributed by atoms with Gasteiger partial charge in [0, 0.05) is 19.4 Å². The lowest BCUT2D eigenvalue weighted by Gasteiger charge is -2.14. The number of imidazole rings is 2. The zero-order chi connectivity index (χ0) is 34.4. The Labute approximate surface area is 273 Å². The van der Waals surface area contributed by atoms with E-state index in [1.165, 1.54) is 65.4 Å². The Hall–Kier alpha value is -5.06. The smallest absolute Gasteiger partial charge is 0.359 e. The van der Waals surface area contributed by atoms with Crippen molar-refractivity contribution in [1.29, 1.82) is 0 Å². The molecule has 0 bridgehead atoms. The van der Waals surface area contributed by atoms with Gasteiger partial charge in [0.05, 0.1) is 53.7 Å². The summed E-state index contributed by atoms with van der Waals surface area (Å²) in [5.41, 5.74) is 1.92. The second-order valence-electron chi connectivity index (χ2n) is 9.97. The number of hydrogen-bond acceptors (Lipinski definition) is 7. The number of rotatable bonds is 5. The molecule has 1 N–H and O–H groups in total. The summed E-state index contributed by atoms with van der Waals surface area (Å²) in [7, 11) is 3.07. The molecular formula is C30H27BrF4N6O6. The molecule has 4 aromatic rings. The number of carbonyl (C=O) groups excluding carboxylic acids is 3. The minimum absolute atomic E-state index is 0.00951. The summed E-state index contributed by atoms with van der Waals surface area (Å²) in [5, 5.41) is 9.59. The van der Waals surface area contributed by atoms with Gasteiger partial charge in [-0.1, -0.05) is 15.9 Å². The van der Waals surface area contributed by atoms with Crippen molar-refractivity contribution in [1.82, 2.24) is 28.9 Å². The first kappa shape index (κ1) is 34.8. The monoisotopic (exact) mass is 720 g/mol. The van der Waals surface area contributed by atoms with Crippen molar-refractivity contribution in [3.8, 4) is 11.4 Å². The number of nitrogens with zero attached hydrogens (tertiary/aromatic N) is 6. The largest absolute Gasteiger partial charge is 0.476 e. The maximum absolute atomic E-state index is 13.5. The number of benzene rings is 2. The average Bonchev–Trinajstić information content (AvgIpc) is 3.62. The van der Waals surface area contributed by atoms with Crippen LogP contribution in [-0.4, -0.2) is 97.1 Å². The van der Waals surface area contributed by atoms with E-state index in [1.807, 2.05) is 0 Å². The topological polar surface area (TPSA) is 140 Å². The van der Waals surface area contributed by atoms with Crippen molar-refractivity contribution in [2.24, 2.45) is 0 Å². The normalized spacial score (nSPS) is 13.0. The zero-order valence-electron chi connectivity index (χ0n) is 24.9. The predicted octanol–water partition coefficient (Wildman–Crippen LogP) is 4.37. The number of carboxylic acids is 1. The number of carbonyl (C=O) groups is 4. The van der Waals surface area contributed by atoms with E-state index in [1.54, 1.807) is 4.57 Å². The SMILES string of the molecule is CN1Cc2c(C(=O)O)ncn2-c2ccc(F)cc2C1=O.CN1Cc2c(C(=O)OCC[18F])ncn2-c2ccc(F)cc2C1=O.[18F]CCBr. The number of hydrogen-bond donors (Lipinski definition) is 1. The Bertz CT molecular complexity index is 1830. The van der Waals surface area contributed by atoms with Gasteiger partial charge in [0.25, 0.3) is 11.8 Å². The minimum Gasteiger partial charge on any atom is -0.476 e. The molecule has 0 unspecified atom stereocenters. The van der Waals surface area contributed by atoms with Crippen LogP contribution in [0, 0.1) is 11.6 Å².